The minimum absolute atomic E-state index is 0.929. The summed E-state index contributed by atoms with van der Waals surface area (Å²) in [5.41, 5.74) is 0.929. The average Bonchev–Trinajstić information content (AvgIpc) is 1.99. The third-order valence-corrected chi connectivity index (χ3v) is 1.09. The van der Waals surface area contributed by atoms with Crippen molar-refractivity contribution in [3.63, 3.8) is 0 Å². The van der Waals surface area contributed by atoms with E-state index in [9.17, 15) is 0 Å². The van der Waals surface area contributed by atoms with E-state index in [-0.39, 0.29) is 0 Å². The van der Waals surface area contributed by atoms with Crippen molar-refractivity contribution in [3.05, 3.63) is 36.0 Å². The molecular weight excluding hydrogens is 122 g/mol. The summed E-state index contributed by atoms with van der Waals surface area (Å²) in [6, 6.07) is 0. The summed E-state index contributed by atoms with van der Waals surface area (Å²) in [6.45, 7) is 3.88. The van der Waals surface area contributed by atoms with Crippen LogP contribution in [0.5, 0.6) is 0 Å². The zero-order chi connectivity index (χ0) is 7.82. The normalized spacial score (nSPS) is 13.2. The van der Waals surface area contributed by atoms with Crippen molar-refractivity contribution in [1.82, 2.24) is 0 Å². The van der Waals surface area contributed by atoms with Gasteiger partial charge in [0.05, 0.1) is 0 Å². The quantitative estimate of drug-likeness (QED) is 0.454. The monoisotopic (exact) mass is 135 g/mol. The molecule has 0 bridgehead atoms. The fraction of sp³-hybridized carbons (Fsp3) is 0.222. The predicted molar refractivity (Wildman–Crippen MR) is 46.5 cm³/mol. The molecule has 10 heavy (non-hydrogen) atoms. The average molecular weight is 135 g/mol. The van der Waals surface area contributed by atoms with E-state index in [0.29, 0.717) is 0 Å². The SMILES string of the molecule is C\C=C/C=C\C(C=N)=C/C. The molecule has 0 atom stereocenters. The van der Waals surface area contributed by atoms with E-state index in [0.717, 1.165) is 5.57 Å². The molecule has 54 valence electrons. The minimum Gasteiger partial charge on any atom is -0.308 e. The maximum atomic E-state index is 6.93. The number of hydrogen-bond donors (Lipinski definition) is 1. The fourth-order valence-corrected chi connectivity index (χ4v) is 0.505. The molecule has 0 amide bonds. The first kappa shape index (κ1) is 8.89. The van der Waals surface area contributed by atoms with Gasteiger partial charge in [-0.15, -0.1) is 0 Å². The van der Waals surface area contributed by atoms with Gasteiger partial charge >= 0.3 is 0 Å². The van der Waals surface area contributed by atoms with Gasteiger partial charge in [-0.05, 0) is 19.4 Å². The number of hydrogen-bond acceptors (Lipinski definition) is 1. The summed E-state index contributed by atoms with van der Waals surface area (Å²) >= 11 is 0. The number of allylic oxidation sites excluding steroid dienone is 6. The lowest BCUT2D eigenvalue weighted by Crippen LogP contribution is -1.73. The van der Waals surface area contributed by atoms with E-state index in [4.69, 9.17) is 5.41 Å². The van der Waals surface area contributed by atoms with Gasteiger partial charge in [0.15, 0.2) is 0 Å². The van der Waals surface area contributed by atoms with E-state index in [2.05, 4.69) is 0 Å². The van der Waals surface area contributed by atoms with Crippen LogP contribution in [0.4, 0.5) is 0 Å². The number of rotatable bonds is 3. The van der Waals surface area contributed by atoms with Crippen LogP contribution in [0.3, 0.4) is 0 Å². The van der Waals surface area contributed by atoms with E-state index in [1.807, 2.05) is 44.2 Å². The Morgan fingerprint density at radius 1 is 1.20 bits per heavy atom. The Labute approximate surface area is 62.3 Å². The van der Waals surface area contributed by atoms with Gasteiger partial charge in [-0.3, -0.25) is 0 Å². The summed E-state index contributed by atoms with van der Waals surface area (Å²) in [6.07, 6.45) is 10.9. The molecule has 1 heteroatoms. The smallest absolute Gasteiger partial charge is 0.0246 e. The molecule has 0 aromatic heterocycles. The van der Waals surface area contributed by atoms with Crippen LogP contribution in [0.15, 0.2) is 36.0 Å². The molecule has 0 aromatic rings. The second-order valence-corrected chi connectivity index (χ2v) is 1.82. The summed E-state index contributed by atoms with van der Waals surface area (Å²) in [5.74, 6) is 0. The van der Waals surface area contributed by atoms with Gasteiger partial charge in [-0.1, -0.05) is 30.4 Å². The molecular formula is C9H13N. The fourth-order valence-electron chi connectivity index (χ4n) is 0.505. The van der Waals surface area contributed by atoms with Crippen molar-refractivity contribution in [2.75, 3.05) is 0 Å². The molecule has 0 fully saturated rings. The lowest BCUT2D eigenvalue weighted by Gasteiger charge is -1.84. The molecule has 0 saturated heterocycles. The van der Waals surface area contributed by atoms with Crippen LogP contribution in [0.1, 0.15) is 13.8 Å². The van der Waals surface area contributed by atoms with Crippen LogP contribution >= 0.6 is 0 Å². The Bertz CT molecular complexity index is 173. The molecule has 0 unspecified atom stereocenters. The first-order valence-electron chi connectivity index (χ1n) is 3.31. The van der Waals surface area contributed by atoms with E-state index < -0.39 is 0 Å². The van der Waals surface area contributed by atoms with Crippen molar-refractivity contribution in [2.45, 2.75) is 13.8 Å². The Hall–Kier alpha value is -1.11. The van der Waals surface area contributed by atoms with Gasteiger partial charge in [-0.2, -0.15) is 0 Å². The molecule has 0 aromatic carbocycles. The third-order valence-electron chi connectivity index (χ3n) is 1.09. The van der Waals surface area contributed by atoms with Gasteiger partial charge in [0, 0.05) is 6.21 Å². The van der Waals surface area contributed by atoms with Gasteiger partial charge < -0.3 is 5.41 Å². The van der Waals surface area contributed by atoms with E-state index in [1.54, 1.807) is 0 Å². The van der Waals surface area contributed by atoms with E-state index in [1.165, 1.54) is 6.21 Å². The zero-order valence-electron chi connectivity index (χ0n) is 6.46. The van der Waals surface area contributed by atoms with Crippen LogP contribution in [-0.4, -0.2) is 6.21 Å². The molecule has 0 aliphatic heterocycles. The molecule has 1 nitrogen and oxygen atoms in total. The molecule has 0 rings (SSSR count). The van der Waals surface area contributed by atoms with Gasteiger partial charge in [0.2, 0.25) is 0 Å². The van der Waals surface area contributed by atoms with Gasteiger partial charge in [-0.25, -0.2) is 0 Å². The highest BCUT2D eigenvalue weighted by Crippen LogP contribution is 1.91. The van der Waals surface area contributed by atoms with Gasteiger partial charge in [0.1, 0.15) is 0 Å². The lowest BCUT2D eigenvalue weighted by atomic mass is 10.2. The topological polar surface area (TPSA) is 23.9 Å². The molecule has 0 spiro atoms. The highest BCUT2D eigenvalue weighted by atomic mass is 14.3. The van der Waals surface area contributed by atoms with Gasteiger partial charge in [0.25, 0.3) is 0 Å². The Morgan fingerprint density at radius 2 is 1.90 bits per heavy atom. The van der Waals surface area contributed by atoms with Crippen LogP contribution < -0.4 is 0 Å². The predicted octanol–water partition coefficient (Wildman–Crippen LogP) is 2.71. The Kier molecular flexibility index (Phi) is 5.35. The van der Waals surface area contributed by atoms with Crippen molar-refractivity contribution in [2.24, 2.45) is 0 Å². The van der Waals surface area contributed by atoms with Crippen LogP contribution in [0.25, 0.3) is 0 Å². The van der Waals surface area contributed by atoms with Crippen molar-refractivity contribution in [3.8, 4) is 0 Å². The second-order valence-electron chi connectivity index (χ2n) is 1.82. The first-order valence-corrected chi connectivity index (χ1v) is 3.31. The summed E-state index contributed by atoms with van der Waals surface area (Å²) in [5, 5.41) is 6.93. The summed E-state index contributed by atoms with van der Waals surface area (Å²) < 4.78 is 0. The molecule has 1 N–H and O–H groups in total. The standard InChI is InChI=1S/C9H13N/c1-3-5-6-7-9(4-2)8-10/h3-8,10H,1-2H3/b5-3-,7-6-,9-4+,10-8?. The highest BCUT2D eigenvalue weighted by molar-refractivity contribution is 5.79. The molecule has 0 aliphatic carbocycles. The lowest BCUT2D eigenvalue weighted by molar-refractivity contribution is 1.54. The summed E-state index contributed by atoms with van der Waals surface area (Å²) in [7, 11) is 0. The van der Waals surface area contributed by atoms with Crippen molar-refractivity contribution >= 4 is 6.21 Å². The van der Waals surface area contributed by atoms with Crippen LogP contribution in [0.2, 0.25) is 0 Å². The Morgan fingerprint density at radius 3 is 2.30 bits per heavy atom. The third kappa shape index (κ3) is 3.84. The Balaban J connectivity index is 3.98. The van der Waals surface area contributed by atoms with E-state index >= 15 is 0 Å². The minimum atomic E-state index is 0.929. The highest BCUT2D eigenvalue weighted by Gasteiger charge is 1.77. The zero-order valence-corrected chi connectivity index (χ0v) is 6.46. The second kappa shape index (κ2) is 6.02. The maximum Gasteiger partial charge on any atom is 0.0246 e. The molecule has 0 saturated carbocycles. The largest absolute Gasteiger partial charge is 0.308 e. The van der Waals surface area contributed by atoms with Crippen LogP contribution in [0, 0.1) is 5.41 Å². The molecule has 0 radical (unpaired) electrons. The summed E-state index contributed by atoms with van der Waals surface area (Å²) in [4.78, 5) is 0. The van der Waals surface area contributed by atoms with Crippen molar-refractivity contribution < 1.29 is 0 Å². The molecule has 0 aliphatic rings. The molecule has 0 heterocycles. The first-order chi connectivity index (χ1) is 4.85. The van der Waals surface area contributed by atoms with Crippen LogP contribution in [-0.2, 0) is 0 Å². The number of nitrogens with one attached hydrogen (secondary N) is 1. The maximum absolute atomic E-state index is 6.93. The van der Waals surface area contributed by atoms with Crippen molar-refractivity contribution in [1.29, 1.82) is 5.41 Å².